The molecule has 0 aliphatic carbocycles. The van der Waals surface area contributed by atoms with Crippen molar-refractivity contribution in [2.45, 2.75) is 0 Å². The third-order valence-corrected chi connectivity index (χ3v) is 1.55. The van der Waals surface area contributed by atoms with E-state index in [1.807, 2.05) is 0 Å². The molecule has 0 aromatic carbocycles. The number of fused-ring (bicyclic) bond motifs is 1. The van der Waals surface area contributed by atoms with Gasteiger partial charge in [0.2, 0.25) is 0 Å². The molecule has 0 fully saturated rings. The van der Waals surface area contributed by atoms with Crippen molar-refractivity contribution in [1.29, 1.82) is 0 Å². The second kappa shape index (κ2) is 2.75. The number of rotatable bonds is 0. The summed E-state index contributed by atoms with van der Waals surface area (Å²) in [5, 5.41) is 10.4. The van der Waals surface area contributed by atoms with Gasteiger partial charge in [0.15, 0.2) is 0 Å². The zero-order valence-electron chi connectivity index (χ0n) is 6.25. The number of pyridine rings is 1. The van der Waals surface area contributed by atoms with Crippen molar-refractivity contribution >= 4 is 11.9 Å². The summed E-state index contributed by atoms with van der Waals surface area (Å²) in [5.74, 6) is 0. The summed E-state index contributed by atoms with van der Waals surface area (Å²) in [5.41, 5.74) is 1.29. The second-order valence-electron chi connectivity index (χ2n) is 2.33. The van der Waals surface area contributed by atoms with E-state index >= 15 is 0 Å². The van der Waals surface area contributed by atoms with Crippen molar-refractivity contribution in [3.63, 3.8) is 0 Å². The molecule has 12 heavy (non-hydrogen) atoms. The molecule has 1 aliphatic rings. The number of aromatic nitrogens is 1. The fourth-order valence-electron chi connectivity index (χ4n) is 0.998. The van der Waals surface area contributed by atoms with Gasteiger partial charge in [0.1, 0.15) is 5.69 Å². The molecule has 4 heteroatoms. The van der Waals surface area contributed by atoms with Gasteiger partial charge >= 0.3 is 0 Å². The third kappa shape index (κ3) is 1.08. The summed E-state index contributed by atoms with van der Waals surface area (Å²) in [7, 11) is 0. The van der Waals surface area contributed by atoms with Crippen molar-refractivity contribution in [2.24, 2.45) is 4.99 Å². The Bertz CT molecular complexity index is 346. The molecule has 1 aromatic heterocycles. The number of anilines is 1. The summed E-state index contributed by atoms with van der Waals surface area (Å²) >= 11 is 0. The van der Waals surface area contributed by atoms with E-state index in [0.717, 1.165) is 5.06 Å². The average Bonchev–Trinajstić information content (AvgIpc) is 2.29. The fourth-order valence-corrected chi connectivity index (χ4v) is 0.998. The van der Waals surface area contributed by atoms with Crippen molar-refractivity contribution < 1.29 is 5.21 Å². The summed E-state index contributed by atoms with van der Waals surface area (Å²) in [6.45, 7) is 0. The quantitative estimate of drug-likeness (QED) is 0.621. The summed E-state index contributed by atoms with van der Waals surface area (Å²) < 4.78 is 0. The Morgan fingerprint density at radius 2 is 2.33 bits per heavy atom. The van der Waals surface area contributed by atoms with Gasteiger partial charge in [-0.05, 0) is 12.1 Å². The number of hydrogen-bond donors (Lipinski definition) is 1. The highest BCUT2D eigenvalue weighted by atomic mass is 16.5. The van der Waals surface area contributed by atoms with Crippen LogP contribution in [0.3, 0.4) is 0 Å². The van der Waals surface area contributed by atoms with Crippen LogP contribution in [0.5, 0.6) is 0 Å². The lowest BCUT2D eigenvalue weighted by Crippen LogP contribution is -2.10. The maximum Gasteiger partial charge on any atom is 0.107 e. The molecule has 0 amide bonds. The first kappa shape index (κ1) is 7.00. The maximum absolute atomic E-state index is 9.37. The summed E-state index contributed by atoms with van der Waals surface area (Å²) in [4.78, 5) is 7.93. The Kier molecular flexibility index (Phi) is 1.60. The molecule has 0 saturated heterocycles. The lowest BCUT2D eigenvalue weighted by Gasteiger charge is -2.10. The predicted octanol–water partition coefficient (Wildman–Crippen LogP) is 1.18. The van der Waals surface area contributed by atoms with Gasteiger partial charge in [-0.15, -0.1) is 0 Å². The van der Waals surface area contributed by atoms with Gasteiger partial charge in [0, 0.05) is 12.4 Å². The molecular formula is C8H7N3O. The summed E-state index contributed by atoms with van der Waals surface area (Å²) in [6, 6.07) is 3.53. The van der Waals surface area contributed by atoms with Gasteiger partial charge in [-0.1, -0.05) is 0 Å². The molecule has 0 spiro atoms. The van der Waals surface area contributed by atoms with Crippen molar-refractivity contribution in [1.82, 2.24) is 4.98 Å². The number of hydroxylamine groups is 1. The first-order chi connectivity index (χ1) is 5.88. The van der Waals surface area contributed by atoms with Crippen LogP contribution in [0.25, 0.3) is 0 Å². The van der Waals surface area contributed by atoms with Crippen LogP contribution >= 0.6 is 0 Å². The van der Waals surface area contributed by atoms with Crippen LogP contribution in [-0.4, -0.2) is 16.4 Å². The van der Waals surface area contributed by atoms with Crippen LogP contribution in [-0.2, 0) is 0 Å². The molecule has 1 N–H and O–H groups in total. The predicted molar refractivity (Wildman–Crippen MR) is 45.2 cm³/mol. The first-order valence-corrected chi connectivity index (χ1v) is 3.51. The van der Waals surface area contributed by atoms with E-state index in [1.54, 1.807) is 24.5 Å². The van der Waals surface area contributed by atoms with E-state index in [0.29, 0.717) is 11.4 Å². The van der Waals surface area contributed by atoms with E-state index in [1.165, 1.54) is 12.4 Å². The number of aliphatic imine (C=N–C) groups is 1. The maximum atomic E-state index is 9.37. The van der Waals surface area contributed by atoms with Crippen LogP contribution in [0.4, 0.5) is 5.69 Å². The van der Waals surface area contributed by atoms with E-state index < -0.39 is 0 Å². The Balaban J connectivity index is 2.56. The molecule has 0 unspecified atom stereocenters. The molecular weight excluding hydrogens is 154 g/mol. The summed E-state index contributed by atoms with van der Waals surface area (Å²) in [6.07, 6.45) is 6.22. The van der Waals surface area contributed by atoms with E-state index in [4.69, 9.17) is 0 Å². The lowest BCUT2D eigenvalue weighted by atomic mass is 10.3. The molecule has 0 saturated carbocycles. The van der Waals surface area contributed by atoms with Crippen molar-refractivity contribution in [2.75, 3.05) is 5.06 Å². The molecule has 4 nitrogen and oxygen atoms in total. The van der Waals surface area contributed by atoms with E-state index in [-0.39, 0.29) is 0 Å². The van der Waals surface area contributed by atoms with E-state index in [2.05, 4.69) is 9.98 Å². The van der Waals surface area contributed by atoms with Crippen LogP contribution in [0, 0.1) is 0 Å². The molecule has 2 heterocycles. The zero-order chi connectivity index (χ0) is 8.39. The molecule has 2 rings (SSSR count). The SMILES string of the molecule is ON1C=CN=Cc2ncccc21. The Hall–Kier alpha value is -1.68. The van der Waals surface area contributed by atoms with Gasteiger partial charge in [-0.3, -0.25) is 15.2 Å². The molecule has 0 bridgehead atoms. The minimum atomic E-state index is 0.634. The normalized spacial score (nSPS) is 14.2. The molecule has 0 radical (unpaired) electrons. The Morgan fingerprint density at radius 1 is 1.42 bits per heavy atom. The van der Waals surface area contributed by atoms with E-state index in [9.17, 15) is 5.21 Å². The Morgan fingerprint density at radius 3 is 3.25 bits per heavy atom. The van der Waals surface area contributed by atoms with Gasteiger partial charge in [-0.25, -0.2) is 5.06 Å². The highest BCUT2D eigenvalue weighted by Gasteiger charge is 2.06. The molecule has 1 aliphatic heterocycles. The fraction of sp³-hybridized carbons (Fsp3) is 0. The van der Waals surface area contributed by atoms with Crippen LogP contribution in [0.1, 0.15) is 5.69 Å². The minimum absolute atomic E-state index is 0.634. The average molecular weight is 161 g/mol. The lowest BCUT2D eigenvalue weighted by molar-refractivity contribution is 0.295. The molecule has 60 valence electrons. The topological polar surface area (TPSA) is 48.7 Å². The molecule has 1 aromatic rings. The smallest absolute Gasteiger partial charge is 0.107 e. The molecule has 0 atom stereocenters. The number of nitrogens with zero attached hydrogens (tertiary/aromatic N) is 3. The first-order valence-electron chi connectivity index (χ1n) is 3.51. The van der Waals surface area contributed by atoms with Crippen molar-refractivity contribution in [3.8, 4) is 0 Å². The van der Waals surface area contributed by atoms with Gasteiger partial charge in [-0.2, -0.15) is 0 Å². The monoisotopic (exact) mass is 161 g/mol. The zero-order valence-corrected chi connectivity index (χ0v) is 6.25. The van der Waals surface area contributed by atoms with Gasteiger partial charge < -0.3 is 0 Å². The highest BCUT2D eigenvalue weighted by molar-refractivity contribution is 5.86. The second-order valence-corrected chi connectivity index (χ2v) is 2.33. The largest absolute Gasteiger partial charge is 0.284 e. The standard InChI is InChI=1S/C8H7N3O/c12-11-5-4-9-6-7-8(11)2-1-3-10-7/h1-6,12H. The van der Waals surface area contributed by atoms with Gasteiger partial charge in [0.25, 0.3) is 0 Å². The van der Waals surface area contributed by atoms with Gasteiger partial charge in [0.05, 0.1) is 18.1 Å². The van der Waals surface area contributed by atoms with Crippen LogP contribution < -0.4 is 5.06 Å². The van der Waals surface area contributed by atoms with Crippen LogP contribution in [0.15, 0.2) is 35.7 Å². The Labute approximate surface area is 69.5 Å². The van der Waals surface area contributed by atoms with Crippen LogP contribution in [0.2, 0.25) is 0 Å². The number of hydrogen-bond acceptors (Lipinski definition) is 4. The highest BCUT2D eigenvalue weighted by Crippen LogP contribution is 2.16. The minimum Gasteiger partial charge on any atom is -0.284 e. The van der Waals surface area contributed by atoms with Crippen molar-refractivity contribution in [3.05, 3.63) is 36.4 Å². The third-order valence-electron chi connectivity index (χ3n) is 1.55.